The fourth-order valence-corrected chi connectivity index (χ4v) is 3.88. The zero-order chi connectivity index (χ0) is 21.6. The van der Waals surface area contributed by atoms with Crippen molar-refractivity contribution in [3.05, 3.63) is 23.8 Å². The van der Waals surface area contributed by atoms with Crippen LogP contribution in [0.5, 0.6) is 0 Å². The van der Waals surface area contributed by atoms with Gasteiger partial charge in [0, 0.05) is 30.7 Å². The number of terminal acetylenes is 1. The summed E-state index contributed by atoms with van der Waals surface area (Å²) in [6.45, 7) is 4.78. The molecule has 0 bridgehead atoms. The van der Waals surface area contributed by atoms with E-state index in [4.69, 9.17) is 26.1 Å². The third-order valence-corrected chi connectivity index (χ3v) is 5.53. The topological polar surface area (TPSA) is 125 Å². The van der Waals surface area contributed by atoms with Crippen LogP contribution in [0, 0.1) is 24.3 Å². The van der Waals surface area contributed by atoms with E-state index < -0.39 is 11.9 Å². The van der Waals surface area contributed by atoms with Crippen molar-refractivity contribution in [2.24, 2.45) is 11.8 Å². The molecule has 0 radical (unpaired) electrons. The Bertz CT molecular complexity index is 735. The first-order valence-electron chi connectivity index (χ1n) is 9.54. The third-order valence-electron chi connectivity index (χ3n) is 5.53. The van der Waals surface area contributed by atoms with Crippen molar-refractivity contribution in [1.29, 1.82) is 0 Å². The fraction of sp³-hybridized carbons (Fsp3) is 0.571. The molecule has 0 amide bonds. The van der Waals surface area contributed by atoms with Crippen LogP contribution in [0.25, 0.3) is 0 Å². The van der Waals surface area contributed by atoms with Crippen LogP contribution < -0.4 is 5.32 Å². The summed E-state index contributed by atoms with van der Waals surface area (Å²) in [4.78, 5) is 31.3. The molecule has 0 aromatic heterocycles. The number of epoxide rings is 1. The number of hydrogen-bond donors (Lipinski definition) is 3. The first kappa shape index (κ1) is 22.5. The molecule has 3 aliphatic rings. The number of carboxylic acid groups (broad SMARTS) is 2. The van der Waals surface area contributed by atoms with Gasteiger partial charge in [-0.15, -0.1) is 0 Å². The lowest BCUT2D eigenvalue weighted by Gasteiger charge is -2.21. The maximum absolute atomic E-state index is 12.2. The van der Waals surface area contributed by atoms with E-state index in [-0.39, 0.29) is 35.6 Å². The predicted molar refractivity (Wildman–Crippen MR) is 104 cm³/mol. The summed E-state index contributed by atoms with van der Waals surface area (Å²) in [5.41, 5.74) is 1.26. The molecule has 0 spiro atoms. The van der Waals surface area contributed by atoms with E-state index in [2.05, 4.69) is 31.3 Å². The summed E-state index contributed by atoms with van der Waals surface area (Å²) >= 11 is 0. The van der Waals surface area contributed by atoms with Gasteiger partial charge < -0.3 is 25.0 Å². The number of esters is 1. The number of nitrogens with one attached hydrogen (secondary N) is 1. The monoisotopic (exact) mass is 405 g/mol. The van der Waals surface area contributed by atoms with Crippen molar-refractivity contribution in [2.75, 3.05) is 6.54 Å². The van der Waals surface area contributed by atoms with Gasteiger partial charge in [-0.05, 0) is 39.5 Å². The van der Waals surface area contributed by atoms with Crippen LogP contribution in [0.4, 0.5) is 0 Å². The Kier molecular flexibility index (Phi) is 7.46. The van der Waals surface area contributed by atoms with Gasteiger partial charge >= 0.3 is 17.9 Å². The van der Waals surface area contributed by atoms with Crippen molar-refractivity contribution < 1.29 is 34.1 Å². The van der Waals surface area contributed by atoms with Crippen molar-refractivity contribution in [3.8, 4) is 12.5 Å². The van der Waals surface area contributed by atoms with Gasteiger partial charge in [0.15, 0.2) is 0 Å². The highest BCUT2D eigenvalue weighted by Gasteiger charge is 2.62. The molecule has 0 saturated carbocycles. The van der Waals surface area contributed by atoms with E-state index in [9.17, 15) is 14.4 Å². The number of carbonyl (C=O) groups excluding carboxylic acids is 1. The molecule has 2 fully saturated rings. The van der Waals surface area contributed by atoms with Gasteiger partial charge in [-0.2, -0.15) is 0 Å². The van der Waals surface area contributed by atoms with Gasteiger partial charge in [-0.3, -0.25) is 4.79 Å². The molecule has 2 heterocycles. The minimum atomic E-state index is -1.26. The highest BCUT2D eigenvalue weighted by Crippen LogP contribution is 2.50. The summed E-state index contributed by atoms with van der Waals surface area (Å²) in [6, 6.07) is 2.40. The van der Waals surface area contributed by atoms with Crippen molar-refractivity contribution >= 4 is 17.9 Å². The van der Waals surface area contributed by atoms with E-state index in [0.29, 0.717) is 18.7 Å². The maximum Gasteiger partial charge on any atom is 0.328 e. The first-order valence-corrected chi connectivity index (χ1v) is 9.54. The Labute approximate surface area is 169 Å². The Morgan fingerprint density at radius 1 is 1.38 bits per heavy atom. The van der Waals surface area contributed by atoms with Crippen LogP contribution in [0.1, 0.15) is 39.5 Å². The van der Waals surface area contributed by atoms with Crippen LogP contribution in [0.3, 0.4) is 0 Å². The maximum atomic E-state index is 12.2. The van der Waals surface area contributed by atoms with Gasteiger partial charge in [0.05, 0.1) is 11.5 Å². The van der Waals surface area contributed by atoms with Gasteiger partial charge in [0.25, 0.3) is 0 Å². The number of hydrogen-bond acceptors (Lipinski definition) is 6. The van der Waals surface area contributed by atoms with E-state index in [1.165, 1.54) is 5.57 Å². The van der Waals surface area contributed by atoms with Gasteiger partial charge in [0.2, 0.25) is 0 Å². The molecule has 29 heavy (non-hydrogen) atoms. The number of ether oxygens (including phenoxy) is 2. The summed E-state index contributed by atoms with van der Waals surface area (Å²) in [5.74, 6) is -2.62. The Morgan fingerprint density at radius 2 is 2.03 bits per heavy atom. The normalized spacial score (nSPS) is 33.0. The predicted octanol–water partition coefficient (Wildman–Crippen LogP) is 1.71. The van der Waals surface area contributed by atoms with E-state index in [0.717, 1.165) is 25.7 Å². The van der Waals surface area contributed by atoms with Crippen LogP contribution in [-0.4, -0.2) is 52.5 Å². The molecule has 8 heteroatoms. The first-order chi connectivity index (χ1) is 13.7. The average Bonchev–Trinajstić information content (AvgIpc) is 3.21. The zero-order valence-electron chi connectivity index (χ0n) is 16.6. The van der Waals surface area contributed by atoms with Gasteiger partial charge in [-0.25, -0.2) is 9.59 Å². The largest absolute Gasteiger partial charge is 0.478 e. The minimum absolute atomic E-state index is 0.0501. The molecule has 3 rings (SSSR count). The molecule has 158 valence electrons. The fourth-order valence-electron chi connectivity index (χ4n) is 3.88. The molecule has 2 aliphatic heterocycles. The lowest BCUT2D eigenvalue weighted by atomic mass is 9.80. The molecule has 0 aromatic rings. The summed E-state index contributed by atoms with van der Waals surface area (Å²) in [5, 5.41) is 18.5. The minimum Gasteiger partial charge on any atom is -0.478 e. The summed E-state index contributed by atoms with van der Waals surface area (Å²) in [6.07, 6.45) is 12.6. The lowest BCUT2D eigenvalue weighted by Crippen LogP contribution is -2.33. The zero-order valence-corrected chi connectivity index (χ0v) is 16.6. The number of carboxylic acids is 2. The van der Waals surface area contributed by atoms with E-state index in [1.54, 1.807) is 0 Å². The Balaban J connectivity index is 0.000000321. The molecule has 2 saturated heterocycles. The second kappa shape index (κ2) is 9.61. The van der Waals surface area contributed by atoms with Crippen molar-refractivity contribution in [3.63, 3.8) is 0 Å². The Hall–Kier alpha value is -2.79. The van der Waals surface area contributed by atoms with Crippen LogP contribution in [0.2, 0.25) is 0 Å². The van der Waals surface area contributed by atoms with Crippen LogP contribution >= 0.6 is 0 Å². The smallest absolute Gasteiger partial charge is 0.328 e. The molecular weight excluding hydrogens is 378 g/mol. The van der Waals surface area contributed by atoms with E-state index >= 15 is 0 Å². The lowest BCUT2D eigenvalue weighted by molar-refractivity contribution is -0.144. The number of aliphatic carboxylic acids is 2. The molecule has 8 nitrogen and oxygen atoms in total. The average molecular weight is 405 g/mol. The molecule has 3 N–H and O–H groups in total. The number of rotatable bonds is 4. The molecular formula is C21H27NO7. The molecule has 1 aliphatic carbocycles. The van der Waals surface area contributed by atoms with Gasteiger partial charge in [-0.1, -0.05) is 18.1 Å². The molecule has 5 atom stereocenters. The van der Waals surface area contributed by atoms with Gasteiger partial charge in [0.1, 0.15) is 12.2 Å². The summed E-state index contributed by atoms with van der Waals surface area (Å²) in [7, 11) is 0. The Morgan fingerprint density at radius 3 is 2.62 bits per heavy atom. The second-order valence-electron chi connectivity index (χ2n) is 7.69. The van der Waals surface area contributed by atoms with Crippen molar-refractivity contribution in [1.82, 2.24) is 5.32 Å². The molecule has 0 unspecified atom stereocenters. The SMILES string of the molecule is C#CNC[C@@H]1C(=O)O[C@H]2[C@H]1CCC(C)=CCC[C@@]1(C)O[C@@H]21.O=C(O)/C=C/C(=O)O. The van der Waals surface area contributed by atoms with Crippen LogP contribution in [-0.2, 0) is 23.9 Å². The quantitative estimate of drug-likeness (QED) is 0.161. The third kappa shape index (κ3) is 6.09. The molecule has 0 aromatic carbocycles. The van der Waals surface area contributed by atoms with E-state index in [1.807, 2.05) is 0 Å². The van der Waals surface area contributed by atoms with Crippen LogP contribution in [0.15, 0.2) is 23.8 Å². The number of carbonyl (C=O) groups is 3. The number of allylic oxidation sites excluding steroid dienone is 2. The highest BCUT2D eigenvalue weighted by atomic mass is 16.6. The van der Waals surface area contributed by atoms with Crippen molar-refractivity contribution in [2.45, 2.75) is 57.3 Å². The second-order valence-corrected chi connectivity index (χ2v) is 7.69. The highest BCUT2D eigenvalue weighted by molar-refractivity contribution is 5.89. The number of fused-ring (bicyclic) bond motifs is 3. The standard InChI is InChI=1S/C17H23NO3.C4H4O4/c1-4-18-10-13-12-8-7-11(2)6-5-9-17(3)15(21-17)14(12)20-16(13)19;5-3(6)1-2-4(7)8/h1,6,12-15,18H,5,7-10H2,2-3H3;1-2H,(H,5,6)(H,7,8)/b;2-1+/t12-,13-,14-,15-,17+;/m0./s1. The summed E-state index contributed by atoms with van der Waals surface area (Å²) < 4.78 is 11.6.